The van der Waals surface area contributed by atoms with E-state index in [-0.39, 0.29) is 11.8 Å². The Labute approximate surface area is 197 Å². The molecular weight excluding hydrogens is 436 g/mol. The molecule has 1 unspecified atom stereocenters. The van der Waals surface area contributed by atoms with Gasteiger partial charge in [0.1, 0.15) is 17.6 Å². The highest BCUT2D eigenvalue weighted by molar-refractivity contribution is 6.30. The van der Waals surface area contributed by atoms with Crippen LogP contribution in [0.25, 0.3) is 6.08 Å². The van der Waals surface area contributed by atoms with E-state index in [1.165, 1.54) is 0 Å². The Hall–Kier alpha value is -3.83. The summed E-state index contributed by atoms with van der Waals surface area (Å²) < 4.78 is 5.99. The minimum atomic E-state index is -0.404. The SMILES string of the molecule is CC1Oc2ccccc2C=C1C=C(NC(=O)c1ccc(Cl)cc1)C(=O)NCc1ccccc1. The Kier molecular flexibility index (Phi) is 6.91. The number of carbonyl (C=O) groups excluding carboxylic acids is 2. The van der Waals surface area contributed by atoms with Gasteiger partial charge < -0.3 is 15.4 Å². The van der Waals surface area contributed by atoms with Gasteiger partial charge >= 0.3 is 0 Å². The zero-order valence-electron chi connectivity index (χ0n) is 18.0. The number of rotatable bonds is 6. The zero-order chi connectivity index (χ0) is 23.2. The van der Waals surface area contributed by atoms with Crippen LogP contribution in [0, 0.1) is 0 Å². The van der Waals surface area contributed by atoms with Gasteiger partial charge in [-0.1, -0.05) is 60.1 Å². The van der Waals surface area contributed by atoms with Gasteiger partial charge in [0, 0.05) is 22.7 Å². The Balaban J connectivity index is 1.61. The average molecular weight is 459 g/mol. The fraction of sp³-hybridized carbons (Fsp3) is 0.111. The van der Waals surface area contributed by atoms with E-state index in [1.807, 2.05) is 67.6 Å². The predicted octanol–water partition coefficient (Wildman–Crippen LogP) is 5.13. The molecule has 0 bridgehead atoms. The second-order valence-corrected chi connectivity index (χ2v) is 8.07. The molecule has 5 nitrogen and oxygen atoms in total. The third kappa shape index (κ3) is 5.70. The molecule has 0 saturated carbocycles. The summed E-state index contributed by atoms with van der Waals surface area (Å²) >= 11 is 5.93. The van der Waals surface area contributed by atoms with E-state index in [1.54, 1.807) is 30.3 Å². The Morgan fingerprint density at radius 3 is 2.42 bits per heavy atom. The standard InChI is InChI=1S/C27H23ClN2O3/c1-18-22(15-21-9-5-6-10-25(21)33-18)16-24(27(32)29-17-19-7-3-2-4-8-19)30-26(31)20-11-13-23(28)14-12-20/h2-16,18H,17H2,1H3,(H,29,32)(H,30,31). The van der Waals surface area contributed by atoms with Gasteiger partial charge in [-0.3, -0.25) is 9.59 Å². The van der Waals surface area contributed by atoms with Crippen molar-refractivity contribution < 1.29 is 14.3 Å². The van der Waals surface area contributed by atoms with Crippen molar-refractivity contribution in [3.8, 4) is 5.75 Å². The quantitative estimate of drug-likeness (QED) is 0.503. The number of benzene rings is 3. The number of hydrogen-bond donors (Lipinski definition) is 2. The molecule has 4 rings (SSSR count). The van der Waals surface area contributed by atoms with Crippen LogP contribution in [-0.2, 0) is 11.3 Å². The number of ether oxygens (including phenoxy) is 1. The predicted molar refractivity (Wildman–Crippen MR) is 130 cm³/mol. The maximum Gasteiger partial charge on any atom is 0.268 e. The first-order chi connectivity index (χ1) is 16.0. The lowest BCUT2D eigenvalue weighted by atomic mass is 10.0. The highest BCUT2D eigenvalue weighted by Gasteiger charge is 2.21. The van der Waals surface area contributed by atoms with Crippen molar-refractivity contribution in [3.05, 3.63) is 118 Å². The first-order valence-electron chi connectivity index (χ1n) is 10.6. The van der Waals surface area contributed by atoms with Gasteiger partial charge in [0.05, 0.1) is 0 Å². The van der Waals surface area contributed by atoms with Gasteiger partial charge in [0.2, 0.25) is 0 Å². The van der Waals surface area contributed by atoms with Crippen LogP contribution >= 0.6 is 11.6 Å². The largest absolute Gasteiger partial charge is 0.485 e. The van der Waals surface area contributed by atoms with Crippen molar-refractivity contribution >= 4 is 29.5 Å². The van der Waals surface area contributed by atoms with E-state index in [9.17, 15) is 9.59 Å². The molecule has 0 fully saturated rings. The average Bonchev–Trinajstić information content (AvgIpc) is 2.83. The van der Waals surface area contributed by atoms with E-state index >= 15 is 0 Å². The van der Waals surface area contributed by atoms with Crippen molar-refractivity contribution in [2.75, 3.05) is 0 Å². The number of nitrogens with one attached hydrogen (secondary N) is 2. The Morgan fingerprint density at radius 1 is 0.970 bits per heavy atom. The molecule has 3 aromatic carbocycles. The van der Waals surface area contributed by atoms with Gasteiger partial charge in [-0.2, -0.15) is 0 Å². The lowest BCUT2D eigenvalue weighted by Gasteiger charge is -2.23. The fourth-order valence-corrected chi connectivity index (χ4v) is 3.54. The van der Waals surface area contributed by atoms with Crippen molar-refractivity contribution in [1.29, 1.82) is 0 Å². The Bertz CT molecular complexity index is 1220. The lowest BCUT2D eigenvalue weighted by Crippen LogP contribution is -2.35. The van der Waals surface area contributed by atoms with E-state index in [0.717, 1.165) is 22.4 Å². The number of carbonyl (C=O) groups is 2. The zero-order valence-corrected chi connectivity index (χ0v) is 18.8. The van der Waals surface area contributed by atoms with Gasteiger partial charge in [-0.05, 0) is 60.5 Å². The van der Waals surface area contributed by atoms with Crippen molar-refractivity contribution in [1.82, 2.24) is 10.6 Å². The van der Waals surface area contributed by atoms with Gasteiger partial charge in [0.25, 0.3) is 11.8 Å². The molecular formula is C27H23ClN2O3. The number of para-hydroxylation sites is 1. The highest BCUT2D eigenvalue weighted by atomic mass is 35.5. The fourth-order valence-electron chi connectivity index (χ4n) is 3.42. The minimum Gasteiger partial charge on any atom is -0.485 e. The molecule has 0 radical (unpaired) electrons. The number of hydrogen-bond acceptors (Lipinski definition) is 3. The maximum atomic E-state index is 13.1. The van der Waals surface area contributed by atoms with Crippen LogP contribution in [0.5, 0.6) is 5.75 Å². The normalized spacial score (nSPS) is 15.0. The first-order valence-corrected chi connectivity index (χ1v) is 11.0. The molecule has 33 heavy (non-hydrogen) atoms. The lowest BCUT2D eigenvalue weighted by molar-refractivity contribution is -0.118. The van der Waals surface area contributed by atoms with Crippen LogP contribution in [0.1, 0.15) is 28.4 Å². The third-order valence-electron chi connectivity index (χ3n) is 5.22. The second kappa shape index (κ2) is 10.2. The van der Waals surface area contributed by atoms with E-state index in [0.29, 0.717) is 17.1 Å². The summed E-state index contributed by atoms with van der Waals surface area (Å²) in [6, 6.07) is 23.7. The molecule has 0 aromatic heterocycles. The molecule has 1 heterocycles. The van der Waals surface area contributed by atoms with E-state index < -0.39 is 11.8 Å². The molecule has 1 atom stereocenters. The van der Waals surface area contributed by atoms with Crippen LogP contribution < -0.4 is 15.4 Å². The summed E-state index contributed by atoms with van der Waals surface area (Å²) in [6.45, 7) is 2.24. The molecule has 166 valence electrons. The summed E-state index contributed by atoms with van der Waals surface area (Å²) in [5.74, 6) is -0.0197. The molecule has 6 heteroatoms. The van der Waals surface area contributed by atoms with Crippen LogP contribution in [-0.4, -0.2) is 17.9 Å². The van der Waals surface area contributed by atoms with Crippen molar-refractivity contribution in [2.24, 2.45) is 0 Å². The Morgan fingerprint density at radius 2 is 1.67 bits per heavy atom. The molecule has 0 saturated heterocycles. The number of fused-ring (bicyclic) bond motifs is 1. The summed E-state index contributed by atoms with van der Waals surface area (Å²) in [7, 11) is 0. The van der Waals surface area contributed by atoms with Gasteiger partial charge in [-0.25, -0.2) is 0 Å². The summed E-state index contributed by atoms with van der Waals surface area (Å²) in [4.78, 5) is 25.9. The van der Waals surface area contributed by atoms with Crippen LogP contribution in [0.2, 0.25) is 5.02 Å². The second-order valence-electron chi connectivity index (χ2n) is 7.63. The number of halogens is 1. The van der Waals surface area contributed by atoms with E-state index in [4.69, 9.17) is 16.3 Å². The monoisotopic (exact) mass is 458 g/mol. The van der Waals surface area contributed by atoms with Gasteiger partial charge in [0.15, 0.2) is 0 Å². The first kappa shape index (κ1) is 22.4. The molecule has 2 amide bonds. The van der Waals surface area contributed by atoms with Crippen molar-refractivity contribution in [3.63, 3.8) is 0 Å². The minimum absolute atomic E-state index is 0.131. The number of amides is 2. The highest BCUT2D eigenvalue weighted by Crippen LogP contribution is 2.30. The molecule has 3 aromatic rings. The molecule has 0 spiro atoms. The summed E-state index contributed by atoms with van der Waals surface area (Å²) in [5, 5.41) is 6.16. The maximum absolute atomic E-state index is 13.1. The summed E-state index contributed by atoms with van der Waals surface area (Å²) in [6.07, 6.45) is 3.33. The van der Waals surface area contributed by atoms with Gasteiger partial charge in [-0.15, -0.1) is 0 Å². The topological polar surface area (TPSA) is 67.4 Å². The third-order valence-corrected chi connectivity index (χ3v) is 5.47. The molecule has 0 aliphatic carbocycles. The van der Waals surface area contributed by atoms with Crippen LogP contribution in [0.3, 0.4) is 0 Å². The summed E-state index contributed by atoms with van der Waals surface area (Å²) in [5.41, 5.74) is 3.17. The van der Waals surface area contributed by atoms with Crippen molar-refractivity contribution in [2.45, 2.75) is 19.6 Å². The van der Waals surface area contributed by atoms with E-state index in [2.05, 4.69) is 10.6 Å². The van der Waals surface area contributed by atoms with Crippen LogP contribution in [0.4, 0.5) is 0 Å². The smallest absolute Gasteiger partial charge is 0.268 e. The molecule has 2 N–H and O–H groups in total. The van der Waals surface area contributed by atoms with Crippen LogP contribution in [0.15, 0.2) is 96.2 Å². The molecule has 1 aliphatic heterocycles. The molecule has 1 aliphatic rings.